The highest BCUT2D eigenvalue weighted by Crippen LogP contribution is 2.22. The van der Waals surface area contributed by atoms with Crippen LogP contribution in [0.5, 0.6) is 5.75 Å². The van der Waals surface area contributed by atoms with Crippen LogP contribution in [0.2, 0.25) is 0 Å². The first-order valence-corrected chi connectivity index (χ1v) is 8.93. The fourth-order valence-corrected chi connectivity index (χ4v) is 2.78. The summed E-state index contributed by atoms with van der Waals surface area (Å²) in [6, 6.07) is 9.79. The monoisotopic (exact) mass is 378 g/mol. The Morgan fingerprint density at radius 2 is 2.00 bits per heavy atom. The predicted molar refractivity (Wildman–Crippen MR) is 105 cm³/mol. The number of hydrogen-bond acceptors (Lipinski definition) is 4. The Morgan fingerprint density at radius 1 is 1.23 bits per heavy atom. The summed E-state index contributed by atoms with van der Waals surface area (Å²) in [5.41, 5.74) is 1.31. The maximum Gasteiger partial charge on any atom is 0.278 e. The molecule has 2 aromatic rings. The van der Waals surface area contributed by atoms with Gasteiger partial charge in [0, 0.05) is 19.6 Å². The van der Waals surface area contributed by atoms with Crippen LogP contribution in [-0.4, -0.2) is 53.4 Å². The molecule has 1 N–H and O–H groups in total. The van der Waals surface area contributed by atoms with Gasteiger partial charge in [0.2, 0.25) is 0 Å². The number of hydrogen-bond donors (Lipinski definition) is 1. The Hall–Kier alpha value is -2.05. The van der Waals surface area contributed by atoms with Gasteiger partial charge >= 0.3 is 0 Å². The number of nitrogens with one attached hydrogen (secondary N) is 1. The van der Waals surface area contributed by atoms with E-state index in [4.69, 9.17) is 4.74 Å². The van der Waals surface area contributed by atoms with E-state index < -0.39 is 0 Å². The Balaban J connectivity index is 0.00000243. The summed E-state index contributed by atoms with van der Waals surface area (Å²) in [5.74, 6) is 0.877. The minimum Gasteiger partial charge on any atom is -0.489 e. The highest BCUT2D eigenvalue weighted by Gasteiger charge is 2.25. The lowest BCUT2D eigenvalue weighted by Gasteiger charge is -2.19. The third-order valence-corrected chi connectivity index (χ3v) is 4.10. The van der Waals surface area contributed by atoms with Crippen molar-refractivity contribution in [3.8, 4) is 11.4 Å². The first-order valence-electron chi connectivity index (χ1n) is 8.93. The van der Waals surface area contributed by atoms with Crippen molar-refractivity contribution in [2.24, 2.45) is 5.92 Å². The molecule has 1 aromatic carbocycles. The van der Waals surface area contributed by atoms with Crippen LogP contribution < -0.4 is 10.1 Å². The molecule has 1 fully saturated rings. The smallest absolute Gasteiger partial charge is 0.278 e. The number of nitrogens with zero attached hydrogens (tertiary/aromatic N) is 3. The van der Waals surface area contributed by atoms with E-state index in [9.17, 15) is 4.79 Å². The molecule has 0 saturated carbocycles. The number of carbonyl (C=O) groups excluding carboxylic acids is 1. The van der Waals surface area contributed by atoms with Crippen molar-refractivity contribution in [3.05, 3.63) is 42.2 Å². The molecule has 3 rings (SSSR count). The molecule has 1 saturated heterocycles. The summed E-state index contributed by atoms with van der Waals surface area (Å²) in [4.78, 5) is 14.9. The van der Waals surface area contributed by atoms with Gasteiger partial charge in [-0.15, -0.1) is 12.4 Å². The average molecular weight is 379 g/mol. The topological polar surface area (TPSA) is 59.4 Å². The minimum atomic E-state index is -0.0582. The summed E-state index contributed by atoms with van der Waals surface area (Å²) in [6.07, 6.45) is 2.76. The van der Waals surface area contributed by atoms with E-state index in [1.807, 2.05) is 35.2 Å². The Labute approximate surface area is 160 Å². The summed E-state index contributed by atoms with van der Waals surface area (Å²) in [7, 11) is 0. The SMILES string of the molecule is CC(C)COc1cn(-c2ccccc2)nc1C(=O)N1CCCNCC1.Cl. The number of aromatic nitrogens is 2. The summed E-state index contributed by atoms with van der Waals surface area (Å²) in [5, 5.41) is 7.86. The van der Waals surface area contributed by atoms with Crippen LogP contribution in [0.15, 0.2) is 36.5 Å². The summed E-state index contributed by atoms with van der Waals surface area (Å²) in [6.45, 7) is 7.93. The Morgan fingerprint density at radius 3 is 2.73 bits per heavy atom. The van der Waals surface area contributed by atoms with Crippen molar-refractivity contribution in [1.82, 2.24) is 20.0 Å². The van der Waals surface area contributed by atoms with E-state index in [2.05, 4.69) is 24.3 Å². The van der Waals surface area contributed by atoms with Gasteiger partial charge in [-0.25, -0.2) is 4.68 Å². The lowest BCUT2D eigenvalue weighted by molar-refractivity contribution is 0.0755. The predicted octanol–water partition coefficient (Wildman–Crippen LogP) is 2.76. The third kappa shape index (κ3) is 4.99. The molecule has 1 amide bonds. The fraction of sp³-hybridized carbons (Fsp3) is 0.474. The molecule has 1 aliphatic heterocycles. The van der Waals surface area contributed by atoms with E-state index >= 15 is 0 Å². The molecule has 0 aliphatic carbocycles. The molecule has 0 atom stereocenters. The number of rotatable bonds is 5. The molecule has 1 aromatic heterocycles. The van der Waals surface area contributed by atoms with E-state index in [-0.39, 0.29) is 18.3 Å². The van der Waals surface area contributed by atoms with Crippen molar-refractivity contribution in [2.75, 3.05) is 32.8 Å². The van der Waals surface area contributed by atoms with Crippen molar-refractivity contribution in [1.29, 1.82) is 0 Å². The molecule has 0 spiro atoms. The van der Waals surface area contributed by atoms with E-state index in [1.165, 1.54) is 0 Å². The van der Waals surface area contributed by atoms with E-state index in [0.29, 0.717) is 30.5 Å². The van der Waals surface area contributed by atoms with Crippen LogP contribution in [-0.2, 0) is 0 Å². The average Bonchev–Trinajstić information content (AvgIpc) is 2.86. The molecule has 0 radical (unpaired) electrons. The number of carbonyl (C=O) groups is 1. The third-order valence-electron chi connectivity index (χ3n) is 4.10. The largest absolute Gasteiger partial charge is 0.489 e. The molecule has 6 nitrogen and oxygen atoms in total. The molecule has 26 heavy (non-hydrogen) atoms. The van der Waals surface area contributed by atoms with Crippen molar-refractivity contribution >= 4 is 18.3 Å². The molecular weight excluding hydrogens is 352 g/mol. The van der Waals surface area contributed by atoms with Crippen LogP contribution in [0.4, 0.5) is 0 Å². The highest BCUT2D eigenvalue weighted by molar-refractivity contribution is 5.95. The molecular formula is C19H27ClN4O2. The van der Waals surface area contributed by atoms with Gasteiger partial charge in [0.25, 0.3) is 5.91 Å². The van der Waals surface area contributed by atoms with Crippen LogP contribution >= 0.6 is 12.4 Å². The van der Waals surface area contributed by atoms with Crippen LogP contribution in [0.1, 0.15) is 30.8 Å². The number of halogens is 1. The van der Waals surface area contributed by atoms with Crippen molar-refractivity contribution < 1.29 is 9.53 Å². The van der Waals surface area contributed by atoms with Crippen molar-refractivity contribution in [2.45, 2.75) is 20.3 Å². The highest BCUT2D eigenvalue weighted by atomic mass is 35.5. The molecule has 1 aliphatic rings. The van der Waals surface area contributed by atoms with E-state index in [1.54, 1.807) is 10.9 Å². The van der Waals surface area contributed by atoms with Gasteiger partial charge in [-0.1, -0.05) is 32.0 Å². The maximum atomic E-state index is 13.0. The summed E-state index contributed by atoms with van der Waals surface area (Å²) < 4.78 is 7.62. The van der Waals surface area contributed by atoms with Gasteiger partial charge < -0.3 is 15.0 Å². The lowest BCUT2D eigenvalue weighted by atomic mass is 10.2. The quantitative estimate of drug-likeness (QED) is 0.869. The van der Waals surface area contributed by atoms with Gasteiger partial charge in [-0.05, 0) is 31.0 Å². The second-order valence-electron chi connectivity index (χ2n) is 6.72. The molecule has 2 heterocycles. The van der Waals surface area contributed by atoms with Gasteiger partial charge in [-0.2, -0.15) is 5.10 Å². The molecule has 0 unspecified atom stereocenters. The van der Waals surface area contributed by atoms with Crippen molar-refractivity contribution in [3.63, 3.8) is 0 Å². The number of ether oxygens (including phenoxy) is 1. The number of benzene rings is 1. The van der Waals surface area contributed by atoms with Crippen LogP contribution in [0.25, 0.3) is 5.69 Å². The van der Waals surface area contributed by atoms with Gasteiger partial charge in [0.05, 0.1) is 18.5 Å². The van der Waals surface area contributed by atoms with Gasteiger partial charge in [0.15, 0.2) is 11.4 Å². The second-order valence-corrected chi connectivity index (χ2v) is 6.72. The first-order chi connectivity index (χ1) is 12.1. The fourth-order valence-electron chi connectivity index (χ4n) is 2.78. The minimum absolute atomic E-state index is 0. The van der Waals surface area contributed by atoms with Crippen LogP contribution in [0.3, 0.4) is 0 Å². The Kier molecular flexibility index (Phi) is 7.48. The Bertz CT molecular complexity index is 695. The lowest BCUT2D eigenvalue weighted by Crippen LogP contribution is -2.34. The van der Waals surface area contributed by atoms with Gasteiger partial charge in [0.1, 0.15) is 0 Å². The molecule has 0 bridgehead atoms. The number of para-hydroxylation sites is 1. The summed E-state index contributed by atoms with van der Waals surface area (Å²) >= 11 is 0. The standard InChI is InChI=1S/C19H26N4O2.ClH/c1-15(2)14-25-17-13-23(16-7-4-3-5-8-16)21-18(17)19(24)22-11-6-9-20-10-12-22;/h3-5,7-8,13,15,20H,6,9-12,14H2,1-2H3;1H. The van der Waals surface area contributed by atoms with Gasteiger partial charge in [-0.3, -0.25) is 4.79 Å². The number of amides is 1. The first kappa shape index (κ1) is 20.3. The molecule has 142 valence electrons. The second kappa shape index (κ2) is 9.59. The zero-order valence-electron chi connectivity index (χ0n) is 15.4. The normalized spacial score (nSPS) is 14.7. The zero-order chi connectivity index (χ0) is 17.6. The van der Waals surface area contributed by atoms with Crippen LogP contribution in [0, 0.1) is 5.92 Å². The maximum absolute atomic E-state index is 13.0. The molecule has 7 heteroatoms. The van der Waals surface area contributed by atoms with E-state index in [0.717, 1.165) is 31.7 Å². The zero-order valence-corrected chi connectivity index (χ0v) is 16.2.